The van der Waals surface area contributed by atoms with Crippen molar-refractivity contribution >= 4 is 7.82 Å². The highest BCUT2D eigenvalue weighted by Gasteiger charge is 2.15. The van der Waals surface area contributed by atoms with Crippen molar-refractivity contribution in [3.63, 3.8) is 0 Å². The second-order valence-corrected chi connectivity index (χ2v) is 2.86. The second-order valence-electron chi connectivity index (χ2n) is 1.62. The second kappa shape index (κ2) is 5.62. The summed E-state index contributed by atoms with van der Waals surface area (Å²) in [5, 5.41) is 16.7. The third kappa shape index (κ3) is 9.99. The molecule has 1 unspecified atom stereocenters. The summed E-state index contributed by atoms with van der Waals surface area (Å²) in [6, 6.07) is 0. The molecule has 0 rings (SSSR count). The van der Waals surface area contributed by atoms with E-state index < -0.39 is 27.1 Å². The maximum atomic E-state index is 9.93. The van der Waals surface area contributed by atoms with Gasteiger partial charge in [0.25, 0.3) is 0 Å². The first-order valence-electron chi connectivity index (χ1n) is 2.44. The van der Waals surface area contributed by atoms with Crippen LogP contribution in [0.1, 0.15) is 0 Å². The van der Waals surface area contributed by atoms with Crippen LogP contribution in [0.5, 0.6) is 0 Å². The molecule has 6 N–H and O–H groups in total. The predicted molar refractivity (Wildman–Crippen MR) is 34.7 cm³/mol. The number of rotatable bonds is 4. The molecule has 1 atom stereocenters. The van der Waals surface area contributed by atoms with Crippen molar-refractivity contribution in [3.8, 4) is 0 Å². The summed E-state index contributed by atoms with van der Waals surface area (Å²) in [6.45, 7) is -1.15. The molecule has 0 aliphatic heterocycles. The fourth-order valence-electron chi connectivity index (χ4n) is 0.236. The highest BCUT2D eigenvalue weighted by Crippen LogP contribution is 2.35. The van der Waals surface area contributed by atoms with Gasteiger partial charge in [-0.15, -0.1) is 0 Å². The van der Waals surface area contributed by atoms with Gasteiger partial charge in [-0.1, -0.05) is 0 Å². The molecule has 0 aromatic rings. The maximum Gasteiger partial charge on any atom is 0.469 e. The van der Waals surface area contributed by atoms with Gasteiger partial charge in [-0.2, -0.15) is 0 Å². The zero-order chi connectivity index (χ0) is 8.20. The van der Waals surface area contributed by atoms with E-state index in [1.165, 1.54) is 0 Å². The molecule has 0 amide bonds. The SMILES string of the molecule is O.O=P(O)(O)OCC(O)CO. The van der Waals surface area contributed by atoms with Gasteiger partial charge in [0.15, 0.2) is 0 Å². The van der Waals surface area contributed by atoms with E-state index in [2.05, 4.69) is 4.52 Å². The summed E-state index contributed by atoms with van der Waals surface area (Å²) in [5.74, 6) is 0. The number of aliphatic hydroxyl groups excluding tert-OH is 2. The molecular formula is C3H11O7P. The first kappa shape index (κ1) is 13.6. The fourth-order valence-corrected chi connectivity index (χ4v) is 0.602. The van der Waals surface area contributed by atoms with Gasteiger partial charge in [0.05, 0.1) is 13.2 Å². The highest BCUT2D eigenvalue weighted by atomic mass is 31.2. The van der Waals surface area contributed by atoms with Crippen molar-refractivity contribution in [2.75, 3.05) is 13.2 Å². The lowest BCUT2D eigenvalue weighted by Crippen LogP contribution is -2.18. The van der Waals surface area contributed by atoms with Crippen molar-refractivity contribution in [1.29, 1.82) is 0 Å². The number of hydrogen-bond acceptors (Lipinski definition) is 4. The molecule has 0 aliphatic rings. The monoisotopic (exact) mass is 190 g/mol. The lowest BCUT2D eigenvalue weighted by Gasteiger charge is -2.07. The minimum atomic E-state index is -4.50. The third-order valence-corrected chi connectivity index (χ3v) is 1.13. The molecule has 0 radical (unpaired) electrons. The van der Waals surface area contributed by atoms with Crippen LogP contribution < -0.4 is 0 Å². The molecule has 0 saturated carbocycles. The average molecular weight is 190 g/mol. The first-order chi connectivity index (χ1) is 4.45. The van der Waals surface area contributed by atoms with E-state index in [1.807, 2.05) is 0 Å². The summed E-state index contributed by atoms with van der Waals surface area (Å²) in [7, 11) is -4.50. The maximum absolute atomic E-state index is 9.93. The van der Waals surface area contributed by atoms with E-state index in [-0.39, 0.29) is 5.48 Å². The van der Waals surface area contributed by atoms with Gasteiger partial charge in [-0.3, -0.25) is 4.52 Å². The molecule has 7 nitrogen and oxygen atoms in total. The molecule has 0 aromatic carbocycles. The van der Waals surface area contributed by atoms with Gasteiger partial charge in [-0.05, 0) is 0 Å². The lowest BCUT2D eigenvalue weighted by atomic mass is 10.4. The van der Waals surface area contributed by atoms with Crippen LogP contribution in [-0.2, 0) is 9.09 Å². The molecule has 0 spiro atoms. The van der Waals surface area contributed by atoms with Crippen LogP contribution >= 0.6 is 7.82 Å². The van der Waals surface area contributed by atoms with Crippen LogP contribution in [0.3, 0.4) is 0 Å². The van der Waals surface area contributed by atoms with Gasteiger partial charge in [0, 0.05) is 0 Å². The summed E-state index contributed by atoms with van der Waals surface area (Å²) in [4.78, 5) is 16.1. The van der Waals surface area contributed by atoms with E-state index in [0.29, 0.717) is 0 Å². The Labute approximate surface area is 62.8 Å². The van der Waals surface area contributed by atoms with Gasteiger partial charge in [0.1, 0.15) is 6.10 Å². The van der Waals surface area contributed by atoms with Crippen LogP contribution in [0.2, 0.25) is 0 Å². The van der Waals surface area contributed by atoms with Crippen LogP contribution in [0.4, 0.5) is 0 Å². The Bertz CT molecular complexity index is 130. The zero-order valence-corrected chi connectivity index (χ0v) is 6.44. The van der Waals surface area contributed by atoms with Crippen molar-refractivity contribution in [2.45, 2.75) is 6.10 Å². The highest BCUT2D eigenvalue weighted by molar-refractivity contribution is 7.46. The normalized spacial score (nSPS) is 13.8. The zero-order valence-electron chi connectivity index (χ0n) is 5.54. The smallest absolute Gasteiger partial charge is 0.412 e. The standard InChI is InChI=1S/C3H9O6P.H2O/c4-1-3(5)2-9-10(6,7)8;/h3-5H,1-2H2,(H2,6,7,8);1H2. The van der Waals surface area contributed by atoms with Gasteiger partial charge in [-0.25, -0.2) is 4.57 Å². The molecule has 70 valence electrons. The summed E-state index contributed by atoms with van der Waals surface area (Å²) >= 11 is 0. The van der Waals surface area contributed by atoms with E-state index in [0.717, 1.165) is 0 Å². The van der Waals surface area contributed by atoms with Crippen LogP contribution in [0.15, 0.2) is 0 Å². The Hall–Kier alpha value is -0.0100. The summed E-state index contributed by atoms with van der Waals surface area (Å²) in [5.41, 5.74) is 0. The molecule has 0 aromatic heterocycles. The molecule has 8 heteroatoms. The Morgan fingerprint density at radius 2 is 1.91 bits per heavy atom. The average Bonchev–Trinajstić information content (AvgIpc) is 1.81. The molecule has 0 heterocycles. The minimum absolute atomic E-state index is 0. The summed E-state index contributed by atoms with van der Waals surface area (Å²) in [6.07, 6.45) is -1.24. The van der Waals surface area contributed by atoms with Crippen molar-refractivity contribution in [1.82, 2.24) is 0 Å². The van der Waals surface area contributed by atoms with Gasteiger partial charge < -0.3 is 25.5 Å². The fraction of sp³-hybridized carbons (Fsp3) is 1.00. The molecule has 0 saturated heterocycles. The molecule has 0 bridgehead atoms. The van der Waals surface area contributed by atoms with Crippen molar-refractivity contribution in [3.05, 3.63) is 0 Å². The Balaban J connectivity index is 0. The van der Waals surface area contributed by atoms with Gasteiger partial charge >= 0.3 is 7.82 Å². The number of hydrogen-bond donors (Lipinski definition) is 4. The lowest BCUT2D eigenvalue weighted by molar-refractivity contribution is 0.0419. The molecule has 0 fully saturated rings. The topological polar surface area (TPSA) is 139 Å². The number of phosphoric acid groups is 1. The van der Waals surface area contributed by atoms with Gasteiger partial charge in [0.2, 0.25) is 0 Å². The Kier molecular flexibility index (Phi) is 6.93. The Morgan fingerprint density at radius 1 is 1.45 bits per heavy atom. The molecular weight excluding hydrogens is 179 g/mol. The van der Waals surface area contributed by atoms with Crippen molar-refractivity contribution < 1.29 is 34.6 Å². The van der Waals surface area contributed by atoms with Crippen LogP contribution in [0.25, 0.3) is 0 Å². The molecule has 0 aliphatic carbocycles. The largest absolute Gasteiger partial charge is 0.469 e. The van der Waals surface area contributed by atoms with Crippen LogP contribution in [0, 0.1) is 0 Å². The van der Waals surface area contributed by atoms with Crippen molar-refractivity contribution in [2.24, 2.45) is 0 Å². The van der Waals surface area contributed by atoms with E-state index in [9.17, 15) is 4.57 Å². The first-order valence-corrected chi connectivity index (χ1v) is 3.98. The van der Waals surface area contributed by atoms with E-state index >= 15 is 0 Å². The van der Waals surface area contributed by atoms with E-state index in [4.69, 9.17) is 20.0 Å². The Morgan fingerprint density at radius 3 is 2.18 bits per heavy atom. The number of phosphoric ester groups is 1. The van der Waals surface area contributed by atoms with Crippen LogP contribution in [-0.4, -0.2) is 44.8 Å². The molecule has 11 heavy (non-hydrogen) atoms. The third-order valence-electron chi connectivity index (χ3n) is 0.646. The number of aliphatic hydroxyl groups is 2. The predicted octanol–water partition coefficient (Wildman–Crippen LogP) is -2.38. The summed E-state index contributed by atoms with van der Waals surface area (Å²) < 4.78 is 13.8. The minimum Gasteiger partial charge on any atom is -0.412 e. The quantitative estimate of drug-likeness (QED) is 0.365. The van der Waals surface area contributed by atoms with E-state index in [1.54, 1.807) is 0 Å².